The van der Waals surface area contributed by atoms with Gasteiger partial charge in [0.1, 0.15) is 25.3 Å². The lowest BCUT2D eigenvalue weighted by Gasteiger charge is -2.35. The molecular formula is C37H47N5O5S. The molecule has 0 spiro atoms. The lowest BCUT2D eigenvalue weighted by Crippen LogP contribution is -2.58. The summed E-state index contributed by atoms with van der Waals surface area (Å²) >= 11 is 1.66. The van der Waals surface area contributed by atoms with Crippen LogP contribution in [-0.4, -0.2) is 85.3 Å². The number of hydrogen-bond donors (Lipinski definition) is 4. The first kappa shape index (κ1) is 37.0. The van der Waals surface area contributed by atoms with E-state index in [0.29, 0.717) is 25.2 Å². The zero-order valence-corrected chi connectivity index (χ0v) is 29.0. The molecule has 2 fully saturated rings. The second-order valence-electron chi connectivity index (χ2n) is 12.6. The van der Waals surface area contributed by atoms with E-state index in [1.165, 1.54) is 0 Å². The van der Waals surface area contributed by atoms with Gasteiger partial charge < -0.3 is 36.1 Å². The molecule has 11 heteroatoms. The number of nitrogens with one attached hydrogen (secondary N) is 3. The second kappa shape index (κ2) is 18.1. The van der Waals surface area contributed by atoms with Crippen molar-refractivity contribution in [2.45, 2.75) is 69.2 Å². The number of benzene rings is 2. The fourth-order valence-electron chi connectivity index (χ4n) is 5.86. The number of thioether (sulfide) groups is 1. The number of carbonyl (C=O) groups is 3. The highest BCUT2D eigenvalue weighted by molar-refractivity contribution is 7.99. The third kappa shape index (κ3) is 10.1. The molecule has 2 heterocycles. The molecule has 6 atom stereocenters. The van der Waals surface area contributed by atoms with Crippen molar-refractivity contribution < 1.29 is 23.9 Å². The fraction of sp³-hybridized carbons (Fsp3) is 0.486. The van der Waals surface area contributed by atoms with Crippen LogP contribution in [0.4, 0.5) is 0 Å². The molecule has 4 rings (SSSR count). The molecule has 0 radical (unpaired) electrons. The van der Waals surface area contributed by atoms with Crippen molar-refractivity contribution in [2.24, 2.45) is 11.1 Å². The summed E-state index contributed by atoms with van der Waals surface area (Å²) in [5.41, 5.74) is 7.53. The Morgan fingerprint density at radius 3 is 2.23 bits per heavy atom. The number of ether oxygens (including phenoxy) is 2. The quantitative estimate of drug-likeness (QED) is 0.189. The number of likely N-dealkylation sites (N-methyl/N-ethyl adjacent to an activating group) is 1. The van der Waals surface area contributed by atoms with Crippen molar-refractivity contribution in [1.82, 2.24) is 20.9 Å². The molecule has 0 unspecified atom stereocenters. The van der Waals surface area contributed by atoms with Crippen LogP contribution in [0.25, 0.3) is 0 Å². The number of fused-ring (bicyclic) bond motifs is 1. The maximum absolute atomic E-state index is 14.1. The molecule has 0 saturated carbocycles. The number of rotatable bonds is 13. The highest BCUT2D eigenvalue weighted by Crippen LogP contribution is 2.46. The van der Waals surface area contributed by atoms with Crippen molar-refractivity contribution in [3.05, 3.63) is 71.8 Å². The topological polar surface area (TPSA) is 135 Å². The summed E-state index contributed by atoms with van der Waals surface area (Å²) in [5, 5.41) is 8.83. The maximum atomic E-state index is 14.1. The first-order valence-corrected chi connectivity index (χ1v) is 17.4. The van der Waals surface area contributed by atoms with Crippen LogP contribution in [-0.2, 0) is 23.9 Å². The van der Waals surface area contributed by atoms with Crippen LogP contribution >= 0.6 is 11.8 Å². The van der Waals surface area contributed by atoms with Gasteiger partial charge in [-0.25, -0.2) is 0 Å². The van der Waals surface area contributed by atoms with Gasteiger partial charge in [0.05, 0.1) is 36.7 Å². The van der Waals surface area contributed by atoms with Gasteiger partial charge in [-0.05, 0) is 60.9 Å². The monoisotopic (exact) mass is 673 g/mol. The highest BCUT2D eigenvalue weighted by Gasteiger charge is 2.54. The minimum absolute atomic E-state index is 0.123. The molecule has 0 bridgehead atoms. The van der Waals surface area contributed by atoms with E-state index in [9.17, 15) is 14.4 Å². The van der Waals surface area contributed by atoms with Gasteiger partial charge in [-0.3, -0.25) is 14.4 Å². The van der Waals surface area contributed by atoms with Gasteiger partial charge in [-0.2, -0.15) is 0 Å². The Balaban J connectivity index is 1.35. The molecule has 5 N–H and O–H groups in total. The Hall–Kier alpha value is -3.84. The Bertz CT molecular complexity index is 1500. The van der Waals surface area contributed by atoms with Gasteiger partial charge in [0.15, 0.2) is 0 Å². The van der Waals surface area contributed by atoms with Crippen molar-refractivity contribution in [3.63, 3.8) is 0 Å². The minimum Gasteiger partial charge on any atom is -0.367 e. The molecule has 2 aromatic carbocycles. The first-order chi connectivity index (χ1) is 23.1. The summed E-state index contributed by atoms with van der Waals surface area (Å²) in [5.74, 6) is 11.3. The number of nitrogens with zero attached hydrogens (tertiary/aromatic N) is 1. The van der Waals surface area contributed by atoms with Crippen molar-refractivity contribution in [2.75, 3.05) is 39.2 Å². The van der Waals surface area contributed by atoms with E-state index in [-0.39, 0.29) is 49.0 Å². The fourth-order valence-corrected chi connectivity index (χ4v) is 7.44. The second-order valence-corrected chi connectivity index (χ2v) is 13.9. The molecule has 2 aliphatic heterocycles. The van der Waals surface area contributed by atoms with Crippen LogP contribution < -0.4 is 21.7 Å². The molecule has 10 nitrogen and oxygen atoms in total. The van der Waals surface area contributed by atoms with Gasteiger partial charge in [-0.15, -0.1) is 11.8 Å². The SMILES string of the molecule is CN[C@@H](C)C(=O)N[C@H]1CCS[C@H]2CC(C)(C)[C@@H](C(=O)N[C@H](COCC#CC#CCOC[C@@H](N)c3ccccc3)c3ccccc3)N2C1=O. The molecular weight excluding hydrogens is 627 g/mol. The van der Waals surface area contributed by atoms with Crippen LogP contribution in [0, 0.1) is 29.1 Å². The lowest BCUT2D eigenvalue weighted by molar-refractivity contribution is -0.144. The van der Waals surface area contributed by atoms with Gasteiger partial charge in [0, 0.05) is 0 Å². The van der Waals surface area contributed by atoms with Gasteiger partial charge >= 0.3 is 0 Å². The summed E-state index contributed by atoms with van der Waals surface area (Å²) in [6.45, 7) is 6.66. The van der Waals surface area contributed by atoms with Gasteiger partial charge in [0.2, 0.25) is 17.7 Å². The van der Waals surface area contributed by atoms with Crippen LogP contribution in [0.15, 0.2) is 60.7 Å². The normalized spacial score (nSPS) is 21.6. The van der Waals surface area contributed by atoms with Gasteiger partial charge in [-0.1, -0.05) is 86.4 Å². The van der Waals surface area contributed by atoms with E-state index in [1.54, 1.807) is 30.6 Å². The smallest absolute Gasteiger partial charge is 0.246 e. The molecule has 2 saturated heterocycles. The van der Waals surface area contributed by atoms with Crippen molar-refractivity contribution >= 4 is 29.5 Å². The Morgan fingerprint density at radius 2 is 1.60 bits per heavy atom. The molecule has 2 aromatic rings. The number of hydrogen-bond acceptors (Lipinski definition) is 8. The Labute approximate surface area is 288 Å². The molecule has 48 heavy (non-hydrogen) atoms. The average molecular weight is 674 g/mol. The van der Waals surface area contributed by atoms with Crippen LogP contribution in [0.5, 0.6) is 0 Å². The van der Waals surface area contributed by atoms with Crippen molar-refractivity contribution in [1.29, 1.82) is 0 Å². The summed E-state index contributed by atoms with van der Waals surface area (Å²) in [6, 6.07) is 16.8. The van der Waals surface area contributed by atoms with Gasteiger partial charge in [0.25, 0.3) is 0 Å². The van der Waals surface area contributed by atoms with E-state index in [0.717, 1.165) is 11.1 Å². The molecule has 2 aliphatic rings. The predicted molar refractivity (Wildman–Crippen MR) is 188 cm³/mol. The number of amides is 3. The van der Waals surface area contributed by atoms with E-state index < -0.39 is 29.6 Å². The number of nitrogens with two attached hydrogens (primary N) is 1. The summed E-state index contributed by atoms with van der Waals surface area (Å²) in [6.07, 6.45) is 1.18. The standard InChI is InChI=1S/C37H47N5O5S/c1-26(39-4)34(43)40-30-19-22-48-32-23-37(2,3)33(42(32)36(30)45)35(44)41-31(28-17-11-8-12-18-28)25-47-21-14-6-5-13-20-46-24-29(38)27-15-9-7-10-16-27/h7-12,15-18,26,29-33,39H,19-25,38H2,1-4H3,(H,40,43)(H,41,44)/t26-,29+,30-,31+,32-,33+/m0/s1. The van der Waals surface area contributed by atoms with E-state index in [1.807, 2.05) is 74.5 Å². The molecule has 0 aromatic heterocycles. The average Bonchev–Trinajstić information content (AvgIpc) is 3.28. The minimum atomic E-state index is -0.715. The zero-order valence-electron chi connectivity index (χ0n) is 28.2. The van der Waals surface area contributed by atoms with E-state index in [4.69, 9.17) is 15.2 Å². The predicted octanol–water partition coefficient (Wildman–Crippen LogP) is 2.77. The van der Waals surface area contributed by atoms with E-state index >= 15 is 0 Å². The molecule has 0 aliphatic carbocycles. The largest absolute Gasteiger partial charge is 0.367 e. The Morgan fingerprint density at radius 1 is 1.00 bits per heavy atom. The Kier molecular flexibility index (Phi) is 13.9. The third-order valence-electron chi connectivity index (χ3n) is 8.61. The van der Waals surface area contributed by atoms with Crippen LogP contribution in [0.3, 0.4) is 0 Å². The van der Waals surface area contributed by atoms with Crippen LogP contribution in [0.1, 0.15) is 56.8 Å². The first-order valence-electron chi connectivity index (χ1n) is 16.3. The zero-order chi connectivity index (χ0) is 34.5. The molecule has 256 valence electrons. The van der Waals surface area contributed by atoms with E-state index in [2.05, 4.69) is 39.6 Å². The summed E-state index contributed by atoms with van der Waals surface area (Å²) in [4.78, 5) is 42.4. The number of carbonyl (C=O) groups excluding carboxylic acids is 3. The lowest BCUT2D eigenvalue weighted by atomic mass is 9.83. The summed E-state index contributed by atoms with van der Waals surface area (Å²) in [7, 11) is 1.70. The van der Waals surface area contributed by atoms with Crippen molar-refractivity contribution in [3.8, 4) is 23.7 Å². The highest BCUT2D eigenvalue weighted by atomic mass is 32.2. The molecule has 3 amide bonds. The van der Waals surface area contributed by atoms with Crippen LogP contribution in [0.2, 0.25) is 0 Å². The maximum Gasteiger partial charge on any atom is 0.246 e. The summed E-state index contributed by atoms with van der Waals surface area (Å²) < 4.78 is 11.4. The third-order valence-corrected chi connectivity index (χ3v) is 9.86.